The van der Waals surface area contributed by atoms with Gasteiger partial charge in [0.1, 0.15) is 0 Å². The van der Waals surface area contributed by atoms with E-state index in [1.807, 2.05) is 0 Å². The molecule has 1 N–H and O–H groups in total. The van der Waals surface area contributed by atoms with Crippen LogP contribution in [0.15, 0.2) is 10.5 Å². The van der Waals surface area contributed by atoms with Gasteiger partial charge < -0.3 is 9.84 Å². The quantitative estimate of drug-likeness (QED) is 0.816. The van der Waals surface area contributed by atoms with Crippen LogP contribution < -0.4 is 4.74 Å². The fourth-order valence-electron chi connectivity index (χ4n) is 0.905. The van der Waals surface area contributed by atoms with Crippen LogP contribution in [-0.4, -0.2) is 18.5 Å². The van der Waals surface area contributed by atoms with Gasteiger partial charge in [-0.3, -0.25) is 4.79 Å². The molecule has 0 fully saturated rings. The first-order chi connectivity index (χ1) is 6.11. The Bertz CT molecular complexity index is 352. The third-order valence-corrected chi connectivity index (χ3v) is 2.17. The molecule has 0 atom stereocenters. The summed E-state index contributed by atoms with van der Waals surface area (Å²) in [6.07, 6.45) is 0.349. The van der Waals surface area contributed by atoms with E-state index in [-0.39, 0.29) is 21.5 Å². The topological polar surface area (TPSA) is 46.5 Å². The van der Waals surface area contributed by atoms with Crippen molar-refractivity contribution in [2.45, 2.75) is 0 Å². The van der Waals surface area contributed by atoms with Crippen LogP contribution in [0.2, 0.25) is 0 Å². The van der Waals surface area contributed by atoms with Crippen LogP contribution >= 0.6 is 15.9 Å². The molecule has 1 aromatic carbocycles. The van der Waals surface area contributed by atoms with Crippen LogP contribution in [0.3, 0.4) is 0 Å². The average Bonchev–Trinajstić information content (AvgIpc) is 2.04. The highest BCUT2D eigenvalue weighted by molar-refractivity contribution is 9.10. The van der Waals surface area contributed by atoms with Gasteiger partial charge in [-0.1, -0.05) is 0 Å². The molecule has 70 valence electrons. The predicted molar refractivity (Wildman–Crippen MR) is 47.7 cm³/mol. The fraction of sp³-hybridized carbons (Fsp3) is 0.125. The van der Waals surface area contributed by atoms with Gasteiger partial charge in [-0.2, -0.15) is 0 Å². The van der Waals surface area contributed by atoms with Crippen LogP contribution in [0, 0.1) is 5.82 Å². The van der Waals surface area contributed by atoms with Crippen molar-refractivity contribution in [2.75, 3.05) is 7.11 Å². The maximum absolute atomic E-state index is 13.2. The zero-order valence-electron chi connectivity index (χ0n) is 6.67. The Balaban J connectivity index is 3.47. The number of carbonyl (C=O) groups is 1. The Morgan fingerprint density at radius 1 is 1.69 bits per heavy atom. The van der Waals surface area contributed by atoms with E-state index < -0.39 is 5.82 Å². The molecule has 0 radical (unpaired) electrons. The zero-order chi connectivity index (χ0) is 10.0. The molecular weight excluding hydrogens is 243 g/mol. The molecule has 0 saturated heterocycles. The monoisotopic (exact) mass is 248 g/mol. The SMILES string of the molecule is COc1c(O)cc(Br)c(C=O)c1F. The Morgan fingerprint density at radius 3 is 2.77 bits per heavy atom. The van der Waals surface area contributed by atoms with E-state index in [9.17, 15) is 14.3 Å². The maximum atomic E-state index is 13.2. The van der Waals surface area contributed by atoms with Crippen molar-refractivity contribution >= 4 is 22.2 Å². The molecule has 0 aliphatic heterocycles. The Hall–Kier alpha value is -1.10. The average molecular weight is 249 g/mol. The lowest BCUT2D eigenvalue weighted by molar-refractivity contribution is 0.111. The second-order valence-corrected chi connectivity index (χ2v) is 3.11. The van der Waals surface area contributed by atoms with Gasteiger partial charge >= 0.3 is 0 Å². The molecule has 0 aliphatic rings. The fourth-order valence-corrected chi connectivity index (χ4v) is 1.39. The minimum atomic E-state index is -0.871. The Morgan fingerprint density at radius 2 is 2.31 bits per heavy atom. The summed E-state index contributed by atoms with van der Waals surface area (Å²) < 4.78 is 18.0. The van der Waals surface area contributed by atoms with Gasteiger partial charge in [0.05, 0.1) is 12.7 Å². The molecule has 0 amide bonds. The maximum Gasteiger partial charge on any atom is 0.197 e. The molecule has 0 spiro atoms. The van der Waals surface area contributed by atoms with E-state index in [2.05, 4.69) is 20.7 Å². The highest BCUT2D eigenvalue weighted by Gasteiger charge is 2.16. The van der Waals surface area contributed by atoms with E-state index in [4.69, 9.17) is 0 Å². The summed E-state index contributed by atoms with van der Waals surface area (Å²) in [6.45, 7) is 0. The second kappa shape index (κ2) is 3.74. The Kier molecular flexibility index (Phi) is 2.87. The van der Waals surface area contributed by atoms with Gasteiger partial charge in [-0.15, -0.1) is 0 Å². The number of aromatic hydroxyl groups is 1. The predicted octanol–water partition coefficient (Wildman–Crippen LogP) is 2.11. The third kappa shape index (κ3) is 1.65. The van der Waals surface area contributed by atoms with Crippen LogP contribution in [0.4, 0.5) is 4.39 Å². The number of aldehydes is 1. The van der Waals surface area contributed by atoms with Crippen molar-refractivity contribution in [3.8, 4) is 11.5 Å². The minimum absolute atomic E-state index is 0.172. The third-order valence-electron chi connectivity index (χ3n) is 1.51. The molecule has 0 aliphatic carbocycles. The van der Waals surface area contributed by atoms with Crippen molar-refractivity contribution in [1.29, 1.82) is 0 Å². The lowest BCUT2D eigenvalue weighted by atomic mass is 10.2. The number of hydrogen-bond acceptors (Lipinski definition) is 3. The summed E-state index contributed by atoms with van der Waals surface area (Å²) in [7, 11) is 1.21. The summed E-state index contributed by atoms with van der Waals surface area (Å²) in [6, 6.07) is 1.20. The van der Waals surface area contributed by atoms with E-state index in [0.29, 0.717) is 6.29 Å². The summed E-state index contributed by atoms with van der Waals surface area (Å²) >= 11 is 2.93. The smallest absolute Gasteiger partial charge is 0.197 e. The number of hydrogen-bond donors (Lipinski definition) is 1. The van der Waals surface area contributed by atoms with Crippen molar-refractivity contribution in [3.05, 3.63) is 21.9 Å². The first-order valence-corrected chi connectivity index (χ1v) is 4.11. The van der Waals surface area contributed by atoms with Gasteiger partial charge in [-0.05, 0) is 22.0 Å². The van der Waals surface area contributed by atoms with Crippen LogP contribution in [0.1, 0.15) is 10.4 Å². The van der Waals surface area contributed by atoms with Crippen LogP contribution in [0.5, 0.6) is 11.5 Å². The molecule has 0 saturated carbocycles. The largest absolute Gasteiger partial charge is 0.504 e. The normalized spacial score (nSPS) is 9.77. The van der Waals surface area contributed by atoms with Crippen LogP contribution in [-0.2, 0) is 0 Å². The minimum Gasteiger partial charge on any atom is -0.504 e. The molecule has 0 bridgehead atoms. The number of methoxy groups -OCH3 is 1. The Labute approximate surface area is 82.3 Å². The summed E-state index contributed by atoms with van der Waals surface area (Å²) in [5, 5.41) is 9.18. The highest BCUT2D eigenvalue weighted by atomic mass is 79.9. The lowest BCUT2D eigenvalue weighted by Gasteiger charge is -2.07. The van der Waals surface area contributed by atoms with E-state index >= 15 is 0 Å². The number of benzene rings is 1. The molecule has 0 heterocycles. The second-order valence-electron chi connectivity index (χ2n) is 2.26. The number of halogens is 2. The summed E-state index contributed by atoms with van der Waals surface area (Å²) in [4.78, 5) is 10.4. The van der Waals surface area contributed by atoms with Gasteiger partial charge in [-0.25, -0.2) is 4.39 Å². The van der Waals surface area contributed by atoms with E-state index in [0.717, 1.165) is 0 Å². The first-order valence-electron chi connectivity index (χ1n) is 3.32. The van der Waals surface area contributed by atoms with Gasteiger partial charge in [0.2, 0.25) is 0 Å². The van der Waals surface area contributed by atoms with Crippen LogP contribution in [0.25, 0.3) is 0 Å². The molecule has 0 aromatic heterocycles. The summed E-state index contributed by atoms with van der Waals surface area (Å²) in [5.74, 6) is -1.55. The molecule has 1 aromatic rings. The number of phenols is 1. The highest BCUT2D eigenvalue weighted by Crippen LogP contribution is 2.35. The number of phenolic OH excluding ortho intramolecular Hbond substituents is 1. The van der Waals surface area contributed by atoms with Crippen molar-refractivity contribution in [3.63, 3.8) is 0 Å². The number of carbonyl (C=O) groups excluding carboxylic acids is 1. The van der Waals surface area contributed by atoms with Crippen molar-refractivity contribution in [1.82, 2.24) is 0 Å². The lowest BCUT2D eigenvalue weighted by Crippen LogP contribution is -1.95. The number of ether oxygens (including phenoxy) is 1. The first kappa shape index (κ1) is 9.98. The van der Waals surface area contributed by atoms with Gasteiger partial charge in [0.15, 0.2) is 23.6 Å². The molecule has 1 rings (SSSR count). The molecular formula is C8H6BrFO3. The van der Waals surface area contributed by atoms with E-state index in [1.165, 1.54) is 13.2 Å². The standard InChI is InChI=1S/C8H6BrFO3/c1-13-8-6(12)2-5(9)4(3-11)7(8)10/h2-3,12H,1H3. The zero-order valence-corrected chi connectivity index (χ0v) is 8.26. The van der Waals surface area contributed by atoms with Crippen molar-refractivity contribution in [2.24, 2.45) is 0 Å². The molecule has 3 nitrogen and oxygen atoms in total. The number of rotatable bonds is 2. The molecule has 5 heteroatoms. The van der Waals surface area contributed by atoms with Gasteiger partial charge in [0.25, 0.3) is 0 Å². The molecule has 13 heavy (non-hydrogen) atoms. The van der Waals surface area contributed by atoms with Gasteiger partial charge in [0, 0.05) is 4.47 Å². The van der Waals surface area contributed by atoms with Crippen molar-refractivity contribution < 1.29 is 19.0 Å². The molecule has 0 unspecified atom stereocenters. The van der Waals surface area contributed by atoms with E-state index in [1.54, 1.807) is 0 Å². The summed E-state index contributed by atoms with van der Waals surface area (Å²) in [5.41, 5.74) is -0.172.